The number of hydrogen-bond acceptors (Lipinski definition) is 6. The van der Waals surface area contributed by atoms with Crippen molar-refractivity contribution in [2.24, 2.45) is 5.41 Å². The molecular weight excluding hydrogens is 360 g/mol. The summed E-state index contributed by atoms with van der Waals surface area (Å²) in [6, 6.07) is 5.97. The molecule has 2 N–H and O–H groups in total. The smallest absolute Gasteiger partial charge is 0.251 e. The Bertz CT molecular complexity index is 741. The highest BCUT2D eigenvalue weighted by Crippen LogP contribution is 2.26. The van der Waals surface area contributed by atoms with E-state index in [4.69, 9.17) is 14.2 Å². The maximum absolute atomic E-state index is 12.5. The molecule has 9 heteroatoms. The van der Waals surface area contributed by atoms with E-state index in [1.807, 2.05) is 6.92 Å². The van der Waals surface area contributed by atoms with Gasteiger partial charge in [-0.05, 0) is 18.2 Å². The van der Waals surface area contributed by atoms with Gasteiger partial charge >= 0.3 is 0 Å². The van der Waals surface area contributed by atoms with E-state index in [0.717, 1.165) is 0 Å². The van der Waals surface area contributed by atoms with Gasteiger partial charge in [0.05, 0.1) is 44.0 Å². The number of hydrogen-bond donors (Lipinski definition) is 2. The minimum absolute atomic E-state index is 0.0613. The van der Waals surface area contributed by atoms with Crippen molar-refractivity contribution in [3.63, 3.8) is 0 Å². The SMILES string of the molecule is CC1(CNS(=O)(=O)c2cccc(C(=O)NCC3COCCO3)c2)COC1. The van der Waals surface area contributed by atoms with E-state index in [9.17, 15) is 13.2 Å². The topological polar surface area (TPSA) is 103 Å². The zero-order chi connectivity index (χ0) is 18.6. The third-order valence-corrected chi connectivity index (χ3v) is 5.77. The zero-order valence-corrected chi connectivity index (χ0v) is 15.5. The van der Waals surface area contributed by atoms with Gasteiger partial charge in [0.1, 0.15) is 0 Å². The average Bonchev–Trinajstić information content (AvgIpc) is 2.64. The van der Waals surface area contributed by atoms with Gasteiger partial charge in [-0.25, -0.2) is 13.1 Å². The summed E-state index contributed by atoms with van der Waals surface area (Å²) in [7, 11) is -3.69. The fraction of sp³-hybridized carbons (Fsp3) is 0.588. The van der Waals surface area contributed by atoms with Crippen molar-refractivity contribution in [3.8, 4) is 0 Å². The minimum atomic E-state index is -3.69. The van der Waals surface area contributed by atoms with Crippen LogP contribution < -0.4 is 10.0 Å². The second-order valence-corrected chi connectivity index (χ2v) is 8.70. The monoisotopic (exact) mass is 384 g/mol. The molecule has 1 aromatic carbocycles. The molecular formula is C17H24N2O6S. The molecule has 2 aliphatic rings. The van der Waals surface area contributed by atoms with Crippen molar-refractivity contribution in [2.75, 3.05) is 46.1 Å². The number of rotatable bonds is 7. The molecule has 0 aromatic heterocycles. The first-order valence-electron chi connectivity index (χ1n) is 8.53. The molecule has 1 aromatic rings. The van der Waals surface area contributed by atoms with Crippen LogP contribution in [0.5, 0.6) is 0 Å². The van der Waals surface area contributed by atoms with Crippen LogP contribution in [0.1, 0.15) is 17.3 Å². The Morgan fingerprint density at radius 1 is 1.27 bits per heavy atom. The number of sulfonamides is 1. The van der Waals surface area contributed by atoms with Crippen molar-refractivity contribution in [1.29, 1.82) is 0 Å². The number of carbonyl (C=O) groups is 1. The Hall–Kier alpha value is -1.52. The van der Waals surface area contributed by atoms with Crippen molar-refractivity contribution < 1.29 is 27.4 Å². The van der Waals surface area contributed by atoms with Crippen LogP contribution in [0.3, 0.4) is 0 Å². The maximum Gasteiger partial charge on any atom is 0.251 e. The summed E-state index contributed by atoms with van der Waals surface area (Å²) in [5.41, 5.74) is 0.104. The summed E-state index contributed by atoms with van der Waals surface area (Å²) in [5.74, 6) is -0.351. The van der Waals surface area contributed by atoms with Crippen LogP contribution in [0.15, 0.2) is 29.2 Å². The lowest BCUT2D eigenvalue weighted by molar-refractivity contribution is -0.0965. The molecule has 0 saturated carbocycles. The van der Waals surface area contributed by atoms with E-state index in [-0.39, 0.29) is 27.9 Å². The lowest BCUT2D eigenvalue weighted by atomic mass is 9.89. The first kappa shape index (κ1) is 19.2. The molecule has 0 bridgehead atoms. The Morgan fingerprint density at radius 2 is 2.08 bits per heavy atom. The molecule has 2 saturated heterocycles. The summed E-state index contributed by atoms with van der Waals surface area (Å²) in [6.07, 6.45) is -0.188. The summed E-state index contributed by atoms with van der Waals surface area (Å²) < 4.78 is 43.4. The maximum atomic E-state index is 12.5. The molecule has 3 rings (SSSR count). The van der Waals surface area contributed by atoms with Crippen LogP contribution >= 0.6 is 0 Å². The highest BCUT2D eigenvalue weighted by molar-refractivity contribution is 7.89. The van der Waals surface area contributed by atoms with Gasteiger partial charge in [0.25, 0.3) is 5.91 Å². The molecule has 0 spiro atoms. The van der Waals surface area contributed by atoms with Gasteiger partial charge in [-0.1, -0.05) is 13.0 Å². The molecule has 2 aliphatic heterocycles. The van der Waals surface area contributed by atoms with Crippen molar-refractivity contribution in [1.82, 2.24) is 10.0 Å². The predicted octanol–water partition coefficient (Wildman–Crippen LogP) is 0.147. The fourth-order valence-corrected chi connectivity index (χ4v) is 3.92. The van der Waals surface area contributed by atoms with E-state index >= 15 is 0 Å². The molecule has 2 heterocycles. The highest BCUT2D eigenvalue weighted by Gasteiger charge is 2.34. The van der Waals surface area contributed by atoms with Crippen molar-refractivity contribution in [2.45, 2.75) is 17.9 Å². The third-order valence-electron chi connectivity index (χ3n) is 4.37. The zero-order valence-electron chi connectivity index (χ0n) is 14.7. The molecule has 26 heavy (non-hydrogen) atoms. The van der Waals surface area contributed by atoms with E-state index in [1.54, 1.807) is 12.1 Å². The normalized spacial score (nSPS) is 22.4. The molecule has 0 aliphatic carbocycles. The van der Waals surface area contributed by atoms with Gasteiger partial charge in [0, 0.05) is 24.1 Å². The summed E-state index contributed by atoms with van der Waals surface area (Å²) in [5, 5.41) is 2.75. The Labute approximate surface area is 153 Å². The summed E-state index contributed by atoms with van der Waals surface area (Å²) in [6.45, 7) is 5.13. The molecule has 1 atom stereocenters. The minimum Gasteiger partial charge on any atom is -0.380 e. The standard InChI is InChI=1S/C17H24N2O6S/c1-17(11-24-12-17)10-19-26(21,22)15-4-2-3-13(7-15)16(20)18-8-14-9-23-5-6-25-14/h2-4,7,14,19H,5-6,8-12H2,1H3,(H,18,20). The van der Waals surface area contributed by atoms with E-state index in [0.29, 0.717) is 46.1 Å². The third kappa shape index (κ3) is 4.80. The van der Waals surface area contributed by atoms with Gasteiger partial charge in [0.15, 0.2) is 0 Å². The van der Waals surface area contributed by atoms with Gasteiger partial charge in [-0.2, -0.15) is 0 Å². The number of carbonyl (C=O) groups excluding carboxylic acids is 1. The van der Waals surface area contributed by atoms with Gasteiger partial charge in [-0.15, -0.1) is 0 Å². The van der Waals surface area contributed by atoms with E-state index < -0.39 is 10.0 Å². The lowest BCUT2D eigenvalue weighted by Gasteiger charge is -2.37. The van der Waals surface area contributed by atoms with Crippen molar-refractivity contribution in [3.05, 3.63) is 29.8 Å². The van der Waals surface area contributed by atoms with Crippen LogP contribution in [0, 0.1) is 5.41 Å². The number of ether oxygens (including phenoxy) is 3. The van der Waals surface area contributed by atoms with Crippen LogP contribution in [0.2, 0.25) is 0 Å². The second-order valence-electron chi connectivity index (χ2n) is 6.93. The molecule has 144 valence electrons. The van der Waals surface area contributed by atoms with Crippen LogP contribution in [0.4, 0.5) is 0 Å². The quantitative estimate of drug-likeness (QED) is 0.694. The predicted molar refractivity (Wildman–Crippen MR) is 93.4 cm³/mol. The van der Waals surface area contributed by atoms with Gasteiger partial charge < -0.3 is 19.5 Å². The molecule has 8 nitrogen and oxygen atoms in total. The van der Waals surface area contributed by atoms with Crippen LogP contribution in [-0.4, -0.2) is 66.6 Å². The summed E-state index contributed by atoms with van der Waals surface area (Å²) in [4.78, 5) is 12.4. The number of nitrogens with one attached hydrogen (secondary N) is 2. The van der Waals surface area contributed by atoms with Gasteiger partial charge in [0.2, 0.25) is 10.0 Å². The van der Waals surface area contributed by atoms with Crippen LogP contribution in [0.25, 0.3) is 0 Å². The molecule has 1 amide bonds. The molecule has 2 fully saturated rings. The first-order valence-corrected chi connectivity index (χ1v) is 10.0. The average molecular weight is 384 g/mol. The van der Waals surface area contributed by atoms with E-state index in [2.05, 4.69) is 10.0 Å². The molecule has 1 unspecified atom stereocenters. The van der Waals surface area contributed by atoms with Gasteiger partial charge in [-0.3, -0.25) is 4.79 Å². The summed E-state index contributed by atoms with van der Waals surface area (Å²) >= 11 is 0. The first-order chi connectivity index (χ1) is 12.4. The Kier molecular flexibility index (Phi) is 5.93. The number of benzene rings is 1. The largest absolute Gasteiger partial charge is 0.380 e. The van der Waals surface area contributed by atoms with E-state index in [1.165, 1.54) is 12.1 Å². The Morgan fingerprint density at radius 3 is 2.73 bits per heavy atom. The highest BCUT2D eigenvalue weighted by atomic mass is 32.2. The lowest BCUT2D eigenvalue weighted by Crippen LogP contribution is -2.48. The Balaban J connectivity index is 1.60. The molecule has 0 radical (unpaired) electrons. The number of amides is 1. The van der Waals surface area contributed by atoms with Crippen molar-refractivity contribution >= 4 is 15.9 Å². The van der Waals surface area contributed by atoms with Crippen LogP contribution in [-0.2, 0) is 24.2 Å². The second kappa shape index (κ2) is 8.01. The fourth-order valence-electron chi connectivity index (χ4n) is 2.67.